The second kappa shape index (κ2) is 6.88. The van der Waals surface area contributed by atoms with Crippen LogP contribution in [0.2, 0.25) is 0 Å². The third-order valence-electron chi connectivity index (χ3n) is 5.15. The molecule has 1 saturated carbocycles. The van der Waals surface area contributed by atoms with E-state index in [4.69, 9.17) is 0 Å². The maximum atomic E-state index is 12.6. The molecule has 3 rings (SSSR count). The minimum atomic E-state index is -3.58. The number of amides is 2. The van der Waals surface area contributed by atoms with Crippen LogP contribution in [0.15, 0.2) is 23.1 Å². The van der Waals surface area contributed by atoms with Crippen LogP contribution in [0.25, 0.3) is 0 Å². The summed E-state index contributed by atoms with van der Waals surface area (Å²) in [7, 11) is -3.58. The highest BCUT2D eigenvalue weighted by atomic mass is 32.2. The summed E-state index contributed by atoms with van der Waals surface area (Å²) in [5, 5.41) is 0. The fraction of sp³-hybridized carbons (Fsp3) is 0.556. The number of hydrogen-bond acceptors (Lipinski definition) is 4. The number of nitrogens with one attached hydrogen (secondary N) is 1. The molecule has 25 heavy (non-hydrogen) atoms. The second-order valence-corrected chi connectivity index (χ2v) is 8.60. The van der Waals surface area contributed by atoms with Crippen molar-refractivity contribution in [2.45, 2.75) is 51.0 Å². The van der Waals surface area contributed by atoms with E-state index in [2.05, 4.69) is 4.72 Å². The molecular formula is C18H24N2O4S. The fourth-order valence-corrected chi connectivity index (χ4v) is 5.20. The number of benzene rings is 1. The highest BCUT2D eigenvalue weighted by molar-refractivity contribution is 7.89. The van der Waals surface area contributed by atoms with Crippen LogP contribution in [0.4, 0.5) is 0 Å². The molecule has 1 aliphatic heterocycles. The van der Waals surface area contributed by atoms with Crippen molar-refractivity contribution in [2.24, 2.45) is 11.8 Å². The standard InChI is InChI=1S/C18H24N2O4S/c1-3-19-25(23,24)16-10-13(9-8-12(16)2)11-20-17(21)14-6-4-5-7-15(14)18(20)22/h8-10,14-15,19H,3-7,11H2,1-2H3/t14-,15-/m0/s1. The largest absolute Gasteiger partial charge is 0.278 e. The molecule has 2 aliphatic rings. The highest BCUT2D eigenvalue weighted by Crippen LogP contribution is 2.38. The van der Waals surface area contributed by atoms with Crippen LogP contribution in [0.1, 0.15) is 43.7 Å². The molecule has 0 aromatic heterocycles. The lowest BCUT2D eigenvalue weighted by atomic mass is 9.81. The van der Waals surface area contributed by atoms with E-state index in [-0.39, 0.29) is 35.1 Å². The van der Waals surface area contributed by atoms with E-state index in [1.54, 1.807) is 32.0 Å². The van der Waals surface area contributed by atoms with Gasteiger partial charge in [-0.3, -0.25) is 14.5 Å². The van der Waals surface area contributed by atoms with Gasteiger partial charge in [-0.15, -0.1) is 0 Å². The Labute approximate surface area is 148 Å². The predicted molar refractivity (Wildman–Crippen MR) is 93.0 cm³/mol. The number of sulfonamides is 1. The Kier molecular flexibility index (Phi) is 4.97. The SMILES string of the molecule is CCNS(=O)(=O)c1cc(CN2C(=O)[C@H]3CCCC[C@@H]3C2=O)ccc1C. The molecule has 1 aromatic carbocycles. The summed E-state index contributed by atoms with van der Waals surface area (Å²) in [6.07, 6.45) is 3.53. The lowest BCUT2D eigenvalue weighted by Crippen LogP contribution is -2.30. The Hall–Kier alpha value is -1.73. The molecule has 1 saturated heterocycles. The summed E-state index contributed by atoms with van der Waals surface area (Å²) in [5.74, 6) is -0.578. The summed E-state index contributed by atoms with van der Waals surface area (Å²) in [5.41, 5.74) is 1.29. The zero-order chi connectivity index (χ0) is 18.2. The number of carbonyl (C=O) groups is 2. The molecule has 0 bridgehead atoms. The van der Waals surface area contributed by atoms with Gasteiger partial charge in [0.05, 0.1) is 23.3 Å². The number of imide groups is 1. The number of carbonyl (C=O) groups excluding carboxylic acids is 2. The Bertz CT molecular complexity index is 779. The molecule has 2 fully saturated rings. The number of likely N-dealkylation sites (tertiary alicyclic amines) is 1. The van der Waals surface area contributed by atoms with Gasteiger partial charge in [-0.2, -0.15) is 0 Å². The number of hydrogen-bond donors (Lipinski definition) is 1. The van der Waals surface area contributed by atoms with Crippen LogP contribution in [0, 0.1) is 18.8 Å². The average Bonchev–Trinajstić information content (AvgIpc) is 2.82. The first kappa shape index (κ1) is 18.1. The van der Waals surface area contributed by atoms with Gasteiger partial charge in [0.2, 0.25) is 21.8 Å². The van der Waals surface area contributed by atoms with Crippen LogP contribution >= 0.6 is 0 Å². The van der Waals surface area contributed by atoms with Crippen molar-refractivity contribution in [2.75, 3.05) is 6.54 Å². The van der Waals surface area contributed by atoms with Crippen molar-refractivity contribution >= 4 is 21.8 Å². The smallest absolute Gasteiger partial charge is 0.240 e. The molecule has 1 N–H and O–H groups in total. The van der Waals surface area contributed by atoms with E-state index < -0.39 is 10.0 Å². The highest BCUT2D eigenvalue weighted by Gasteiger charge is 2.47. The van der Waals surface area contributed by atoms with Crippen LogP contribution < -0.4 is 4.72 Å². The molecule has 1 aliphatic carbocycles. The van der Waals surface area contributed by atoms with E-state index in [1.165, 1.54) is 4.90 Å². The number of fused-ring (bicyclic) bond motifs is 1. The van der Waals surface area contributed by atoms with Gasteiger partial charge in [-0.25, -0.2) is 13.1 Å². The molecular weight excluding hydrogens is 340 g/mol. The molecule has 1 heterocycles. The normalized spacial score (nSPS) is 23.8. The molecule has 6 nitrogen and oxygen atoms in total. The second-order valence-electron chi connectivity index (χ2n) is 6.86. The fourth-order valence-electron chi connectivity index (χ4n) is 3.87. The van der Waals surface area contributed by atoms with E-state index in [0.29, 0.717) is 17.7 Å². The summed E-state index contributed by atoms with van der Waals surface area (Å²) >= 11 is 0. The monoisotopic (exact) mass is 364 g/mol. The number of rotatable bonds is 5. The van der Waals surface area contributed by atoms with Crippen molar-refractivity contribution in [1.82, 2.24) is 9.62 Å². The van der Waals surface area contributed by atoms with Crippen molar-refractivity contribution in [3.63, 3.8) is 0 Å². The lowest BCUT2D eigenvalue weighted by Gasteiger charge is -2.19. The van der Waals surface area contributed by atoms with Crippen LogP contribution in [0.5, 0.6) is 0 Å². The van der Waals surface area contributed by atoms with Gasteiger partial charge >= 0.3 is 0 Å². The predicted octanol–water partition coefficient (Wildman–Crippen LogP) is 1.97. The summed E-state index contributed by atoms with van der Waals surface area (Å²) < 4.78 is 27.1. The first-order valence-electron chi connectivity index (χ1n) is 8.79. The molecule has 1 aromatic rings. The molecule has 0 radical (unpaired) electrons. The maximum Gasteiger partial charge on any atom is 0.240 e. The molecule has 0 unspecified atom stereocenters. The summed E-state index contributed by atoms with van der Waals surface area (Å²) in [6, 6.07) is 5.07. The number of nitrogens with zero attached hydrogens (tertiary/aromatic N) is 1. The van der Waals surface area contributed by atoms with Crippen LogP contribution in [-0.4, -0.2) is 31.7 Å². The zero-order valence-electron chi connectivity index (χ0n) is 14.6. The Balaban J connectivity index is 1.86. The van der Waals surface area contributed by atoms with Gasteiger partial charge in [0, 0.05) is 6.54 Å². The van der Waals surface area contributed by atoms with Crippen molar-refractivity contribution in [3.8, 4) is 0 Å². The average molecular weight is 364 g/mol. The van der Waals surface area contributed by atoms with Gasteiger partial charge in [-0.1, -0.05) is 31.9 Å². The first-order chi connectivity index (χ1) is 11.8. The minimum absolute atomic E-state index is 0.105. The Morgan fingerprint density at radius 1 is 1.12 bits per heavy atom. The van der Waals surface area contributed by atoms with E-state index in [1.807, 2.05) is 0 Å². The van der Waals surface area contributed by atoms with E-state index in [0.717, 1.165) is 25.7 Å². The number of aryl methyl sites for hydroxylation is 1. The third kappa shape index (κ3) is 3.35. The van der Waals surface area contributed by atoms with Crippen LogP contribution in [-0.2, 0) is 26.2 Å². The van der Waals surface area contributed by atoms with Crippen molar-refractivity contribution < 1.29 is 18.0 Å². The Morgan fingerprint density at radius 2 is 1.72 bits per heavy atom. The topological polar surface area (TPSA) is 83.6 Å². The van der Waals surface area contributed by atoms with Crippen molar-refractivity contribution in [3.05, 3.63) is 29.3 Å². The molecule has 2 amide bonds. The summed E-state index contributed by atoms with van der Waals surface area (Å²) in [6.45, 7) is 3.90. The molecule has 0 spiro atoms. The molecule has 7 heteroatoms. The van der Waals surface area contributed by atoms with Crippen LogP contribution in [0.3, 0.4) is 0 Å². The Morgan fingerprint density at radius 3 is 2.28 bits per heavy atom. The van der Waals surface area contributed by atoms with Gasteiger partial charge in [0.25, 0.3) is 0 Å². The van der Waals surface area contributed by atoms with Gasteiger partial charge in [0.15, 0.2) is 0 Å². The van der Waals surface area contributed by atoms with Gasteiger partial charge in [0.1, 0.15) is 0 Å². The lowest BCUT2D eigenvalue weighted by molar-refractivity contribution is -0.140. The maximum absolute atomic E-state index is 12.6. The van der Waals surface area contributed by atoms with Gasteiger partial charge in [-0.05, 0) is 37.0 Å². The summed E-state index contributed by atoms with van der Waals surface area (Å²) in [4.78, 5) is 26.7. The van der Waals surface area contributed by atoms with Crippen molar-refractivity contribution in [1.29, 1.82) is 0 Å². The van der Waals surface area contributed by atoms with E-state index in [9.17, 15) is 18.0 Å². The first-order valence-corrected chi connectivity index (χ1v) is 10.3. The quantitative estimate of drug-likeness (QED) is 0.810. The van der Waals surface area contributed by atoms with E-state index >= 15 is 0 Å². The minimum Gasteiger partial charge on any atom is -0.278 e. The molecule has 2 atom stereocenters. The molecule has 136 valence electrons. The zero-order valence-corrected chi connectivity index (χ0v) is 15.4. The third-order valence-corrected chi connectivity index (χ3v) is 6.84. The van der Waals surface area contributed by atoms with Gasteiger partial charge < -0.3 is 0 Å².